The Hall–Kier alpha value is -1.65. The first-order valence-corrected chi connectivity index (χ1v) is 5.23. The molecule has 1 saturated heterocycles. The minimum Gasteiger partial charge on any atom is -0.342 e. The third kappa shape index (κ3) is 1.26. The molecule has 5 heteroatoms. The Morgan fingerprint density at radius 1 is 1.27 bits per heavy atom. The highest BCUT2D eigenvalue weighted by Gasteiger charge is 2.18. The van der Waals surface area contributed by atoms with Gasteiger partial charge in [-0.2, -0.15) is 0 Å². The van der Waals surface area contributed by atoms with Gasteiger partial charge < -0.3 is 4.90 Å². The average molecular weight is 203 g/mol. The van der Waals surface area contributed by atoms with E-state index < -0.39 is 0 Å². The normalized spacial score (nSPS) is 16.5. The fourth-order valence-electron chi connectivity index (χ4n) is 2.13. The van der Waals surface area contributed by atoms with Gasteiger partial charge in [-0.3, -0.25) is 4.57 Å². The molecular formula is C10H13N5. The van der Waals surface area contributed by atoms with Crippen molar-refractivity contribution >= 4 is 17.1 Å². The molecule has 2 aromatic rings. The summed E-state index contributed by atoms with van der Waals surface area (Å²) in [6, 6.07) is 0. The van der Waals surface area contributed by atoms with Crippen molar-refractivity contribution in [1.82, 2.24) is 19.5 Å². The number of hydrogen-bond acceptors (Lipinski definition) is 4. The summed E-state index contributed by atoms with van der Waals surface area (Å²) < 4.78 is 2.04. The van der Waals surface area contributed by atoms with E-state index in [0.717, 1.165) is 30.2 Å². The van der Waals surface area contributed by atoms with E-state index in [1.165, 1.54) is 12.8 Å². The molecule has 15 heavy (non-hydrogen) atoms. The van der Waals surface area contributed by atoms with Crippen LogP contribution in [0.5, 0.6) is 0 Å². The van der Waals surface area contributed by atoms with Crippen molar-refractivity contribution in [2.75, 3.05) is 18.0 Å². The quantitative estimate of drug-likeness (QED) is 0.692. The topological polar surface area (TPSA) is 46.8 Å². The fraction of sp³-hybridized carbons (Fsp3) is 0.500. The van der Waals surface area contributed by atoms with Crippen LogP contribution in [-0.4, -0.2) is 32.6 Å². The monoisotopic (exact) mass is 203 g/mol. The van der Waals surface area contributed by atoms with Crippen molar-refractivity contribution in [3.8, 4) is 0 Å². The Morgan fingerprint density at radius 2 is 2.07 bits per heavy atom. The summed E-state index contributed by atoms with van der Waals surface area (Å²) in [5.41, 5.74) is 1.79. The Labute approximate surface area is 87.8 Å². The molecule has 0 spiro atoms. The van der Waals surface area contributed by atoms with Crippen molar-refractivity contribution in [2.24, 2.45) is 7.05 Å². The van der Waals surface area contributed by atoms with Crippen LogP contribution in [0.25, 0.3) is 11.2 Å². The van der Waals surface area contributed by atoms with Gasteiger partial charge in [-0.1, -0.05) is 0 Å². The molecular weight excluding hydrogens is 190 g/mol. The Balaban J connectivity index is 2.14. The van der Waals surface area contributed by atoms with E-state index >= 15 is 0 Å². The van der Waals surface area contributed by atoms with E-state index in [9.17, 15) is 0 Å². The molecule has 0 amide bonds. The van der Waals surface area contributed by atoms with Gasteiger partial charge in [0, 0.05) is 20.1 Å². The molecule has 0 aliphatic carbocycles. The predicted octanol–water partition coefficient (Wildman–Crippen LogP) is 0.963. The van der Waals surface area contributed by atoms with Crippen LogP contribution in [0, 0.1) is 0 Å². The van der Waals surface area contributed by atoms with Crippen LogP contribution in [0.4, 0.5) is 5.95 Å². The van der Waals surface area contributed by atoms with E-state index in [1.807, 2.05) is 11.6 Å². The van der Waals surface area contributed by atoms with Gasteiger partial charge in [-0.25, -0.2) is 15.0 Å². The summed E-state index contributed by atoms with van der Waals surface area (Å²) in [4.78, 5) is 15.1. The maximum atomic E-state index is 4.56. The Morgan fingerprint density at radius 3 is 2.80 bits per heavy atom. The van der Waals surface area contributed by atoms with Crippen molar-refractivity contribution in [2.45, 2.75) is 12.8 Å². The summed E-state index contributed by atoms with van der Waals surface area (Å²) in [5, 5.41) is 0. The second-order valence-electron chi connectivity index (χ2n) is 3.90. The molecule has 0 unspecified atom stereocenters. The van der Waals surface area contributed by atoms with Crippen LogP contribution in [0.2, 0.25) is 0 Å². The first-order valence-electron chi connectivity index (χ1n) is 5.23. The number of anilines is 1. The highest BCUT2D eigenvalue weighted by Crippen LogP contribution is 2.21. The van der Waals surface area contributed by atoms with E-state index in [2.05, 4.69) is 19.9 Å². The standard InChI is InChI=1S/C10H13N5/c1-14-9-8(6-11-7-12-9)13-10(14)15-4-2-3-5-15/h6-7H,2-5H2,1H3. The molecule has 0 bridgehead atoms. The van der Waals surface area contributed by atoms with Gasteiger partial charge in [0.1, 0.15) is 11.8 Å². The molecule has 78 valence electrons. The molecule has 1 aliphatic rings. The van der Waals surface area contributed by atoms with E-state index in [1.54, 1.807) is 12.5 Å². The minimum atomic E-state index is 0.877. The molecule has 2 aromatic heterocycles. The SMILES string of the molecule is Cn1c(N2CCCC2)nc2cncnc21. The smallest absolute Gasteiger partial charge is 0.207 e. The Bertz CT molecular complexity index is 484. The average Bonchev–Trinajstić information content (AvgIpc) is 2.87. The number of hydrogen-bond donors (Lipinski definition) is 0. The highest BCUT2D eigenvalue weighted by molar-refractivity contribution is 5.73. The number of fused-ring (bicyclic) bond motifs is 1. The van der Waals surface area contributed by atoms with Crippen LogP contribution in [0.3, 0.4) is 0 Å². The minimum absolute atomic E-state index is 0.877. The zero-order chi connectivity index (χ0) is 10.3. The maximum Gasteiger partial charge on any atom is 0.207 e. The molecule has 0 saturated carbocycles. The molecule has 0 radical (unpaired) electrons. The lowest BCUT2D eigenvalue weighted by Crippen LogP contribution is -2.21. The second-order valence-corrected chi connectivity index (χ2v) is 3.90. The van der Waals surface area contributed by atoms with Crippen molar-refractivity contribution in [3.05, 3.63) is 12.5 Å². The van der Waals surface area contributed by atoms with Crippen molar-refractivity contribution < 1.29 is 0 Å². The number of aryl methyl sites for hydroxylation is 1. The molecule has 1 aliphatic heterocycles. The van der Waals surface area contributed by atoms with Gasteiger partial charge >= 0.3 is 0 Å². The van der Waals surface area contributed by atoms with Crippen molar-refractivity contribution in [1.29, 1.82) is 0 Å². The number of aromatic nitrogens is 4. The zero-order valence-corrected chi connectivity index (χ0v) is 8.72. The van der Waals surface area contributed by atoms with Crippen molar-refractivity contribution in [3.63, 3.8) is 0 Å². The van der Waals surface area contributed by atoms with Gasteiger partial charge in [0.2, 0.25) is 5.95 Å². The lowest BCUT2D eigenvalue weighted by molar-refractivity contribution is 0.831. The van der Waals surface area contributed by atoms with E-state index in [-0.39, 0.29) is 0 Å². The zero-order valence-electron chi connectivity index (χ0n) is 8.72. The number of rotatable bonds is 1. The maximum absolute atomic E-state index is 4.56. The summed E-state index contributed by atoms with van der Waals surface area (Å²) in [6.07, 6.45) is 5.85. The summed E-state index contributed by atoms with van der Waals surface area (Å²) in [7, 11) is 2.01. The van der Waals surface area contributed by atoms with Gasteiger partial charge in [0.25, 0.3) is 0 Å². The fourth-order valence-corrected chi connectivity index (χ4v) is 2.13. The lowest BCUT2D eigenvalue weighted by atomic mass is 10.4. The number of imidazole rings is 1. The largest absolute Gasteiger partial charge is 0.342 e. The molecule has 5 nitrogen and oxygen atoms in total. The van der Waals surface area contributed by atoms with Gasteiger partial charge in [-0.15, -0.1) is 0 Å². The van der Waals surface area contributed by atoms with Crippen LogP contribution >= 0.6 is 0 Å². The number of nitrogens with zero attached hydrogens (tertiary/aromatic N) is 5. The molecule has 1 fully saturated rings. The molecule has 0 aromatic carbocycles. The summed E-state index contributed by atoms with van der Waals surface area (Å²) in [5.74, 6) is 1.02. The van der Waals surface area contributed by atoms with Crippen LogP contribution < -0.4 is 4.90 Å². The van der Waals surface area contributed by atoms with Gasteiger partial charge in [0.05, 0.1) is 6.20 Å². The van der Waals surface area contributed by atoms with Crippen LogP contribution in [0.15, 0.2) is 12.5 Å². The van der Waals surface area contributed by atoms with Crippen LogP contribution in [-0.2, 0) is 7.05 Å². The molecule has 0 N–H and O–H groups in total. The first kappa shape index (κ1) is 8.64. The molecule has 0 atom stereocenters. The summed E-state index contributed by atoms with van der Waals surface area (Å²) in [6.45, 7) is 2.20. The first-order chi connectivity index (χ1) is 7.36. The van der Waals surface area contributed by atoms with E-state index in [4.69, 9.17) is 0 Å². The predicted molar refractivity (Wildman–Crippen MR) is 57.8 cm³/mol. The summed E-state index contributed by atoms with van der Waals surface area (Å²) >= 11 is 0. The van der Waals surface area contributed by atoms with E-state index in [0.29, 0.717) is 0 Å². The van der Waals surface area contributed by atoms with Gasteiger partial charge in [-0.05, 0) is 12.8 Å². The highest BCUT2D eigenvalue weighted by atomic mass is 15.3. The second kappa shape index (κ2) is 3.18. The molecule has 3 heterocycles. The van der Waals surface area contributed by atoms with Gasteiger partial charge in [0.15, 0.2) is 5.65 Å². The third-order valence-corrected chi connectivity index (χ3v) is 2.90. The Kier molecular flexibility index (Phi) is 1.83. The lowest BCUT2D eigenvalue weighted by Gasteiger charge is -2.15. The molecule has 3 rings (SSSR count). The van der Waals surface area contributed by atoms with Crippen LogP contribution in [0.1, 0.15) is 12.8 Å². The third-order valence-electron chi connectivity index (χ3n) is 2.90.